The summed E-state index contributed by atoms with van der Waals surface area (Å²) in [5, 5.41) is 16.3. The molecular weight excluding hydrogens is 692 g/mol. The number of aliphatic carboxylic acids is 1. The first-order valence-corrected chi connectivity index (χ1v) is 20.5. The van der Waals surface area contributed by atoms with Crippen molar-refractivity contribution in [1.82, 2.24) is 20.3 Å². The Labute approximate surface area is 312 Å². The van der Waals surface area contributed by atoms with Crippen LogP contribution >= 0.6 is 7.37 Å². The third-order valence-electron chi connectivity index (χ3n) is 9.28. The summed E-state index contributed by atoms with van der Waals surface area (Å²) >= 11 is 0. The zero-order valence-electron chi connectivity index (χ0n) is 30.4. The second kappa shape index (κ2) is 18.6. The predicted molar refractivity (Wildman–Crippen MR) is 192 cm³/mol. The molecule has 1 heterocycles. The van der Waals surface area contributed by atoms with E-state index >= 15 is 0 Å². The van der Waals surface area contributed by atoms with Crippen LogP contribution in [0.3, 0.4) is 0 Å². The van der Waals surface area contributed by atoms with Crippen LogP contribution in [0.4, 0.5) is 0 Å². The van der Waals surface area contributed by atoms with Crippen LogP contribution in [0.5, 0.6) is 5.75 Å². The molecule has 2 aromatic carbocycles. The van der Waals surface area contributed by atoms with Crippen LogP contribution in [0.15, 0.2) is 54.7 Å². The molecule has 0 radical (unpaired) electrons. The van der Waals surface area contributed by atoms with Crippen molar-refractivity contribution in [2.75, 3.05) is 26.1 Å². The van der Waals surface area contributed by atoms with Crippen LogP contribution in [-0.2, 0) is 41.8 Å². The van der Waals surface area contributed by atoms with Crippen molar-refractivity contribution < 1.29 is 62.4 Å². The van der Waals surface area contributed by atoms with Gasteiger partial charge in [-0.25, -0.2) is 17.9 Å². The summed E-state index contributed by atoms with van der Waals surface area (Å²) in [6.45, 7) is 0.341. The summed E-state index contributed by atoms with van der Waals surface area (Å²) in [7, 11) is -6.78. The molecule has 8 N–H and O–H groups in total. The van der Waals surface area contributed by atoms with E-state index in [0.717, 1.165) is 17.2 Å². The fraction of sp³-hybridized carbons (Fsp3) is 0.500. The van der Waals surface area contributed by atoms with Crippen molar-refractivity contribution in [3.8, 4) is 5.75 Å². The van der Waals surface area contributed by atoms with Gasteiger partial charge in [0.1, 0.15) is 23.6 Å². The molecule has 4 atom stereocenters. The Balaban J connectivity index is 0.00000468. The normalized spacial score (nSPS) is 17.0. The number of carbonyl (C=O) groups excluding carboxylic acids is 2. The van der Waals surface area contributed by atoms with Crippen LogP contribution in [0.1, 0.15) is 57.5 Å². The first-order valence-electron chi connectivity index (χ1n) is 16.7. The fourth-order valence-electron chi connectivity index (χ4n) is 6.62. The summed E-state index contributed by atoms with van der Waals surface area (Å²) in [4.78, 5) is 55.0. The summed E-state index contributed by atoms with van der Waals surface area (Å²) in [6, 6.07) is 11.6. The number of nitrogens with one attached hydrogen (secondary N) is 4. The van der Waals surface area contributed by atoms with Gasteiger partial charge in [-0.1, -0.05) is 49.6 Å². The summed E-state index contributed by atoms with van der Waals surface area (Å²) < 4.78 is 46.3. The van der Waals surface area contributed by atoms with E-state index in [1.54, 1.807) is 30.5 Å². The van der Waals surface area contributed by atoms with Gasteiger partial charge < -0.3 is 37.5 Å². The van der Waals surface area contributed by atoms with E-state index in [1.165, 1.54) is 7.11 Å². The molecule has 0 bridgehead atoms. The van der Waals surface area contributed by atoms with Crippen LogP contribution in [0.25, 0.3) is 10.9 Å². The van der Waals surface area contributed by atoms with Crippen LogP contribution in [0.2, 0.25) is 0 Å². The van der Waals surface area contributed by atoms with E-state index in [1.807, 2.05) is 24.3 Å². The molecule has 14 nitrogen and oxygen atoms in total. The maximum atomic E-state index is 14.5. The average molecular weight is 742 g/mol. The second-order valence-electron chi connectivity index (χ2n) is 13.1. The van der Waals surface area contributed by atoms with E-state index < -0.39 is 64.6 Å². The standard InChI is InChI=1S/C34H48N5O9PS.Li.H/c1-48-25-14-12-23(13-15-25)19-30(38-31(40)28(11-5-8-18-35)39-50(2,46)47)49(44,45)22-34(16-6-7-17-34)33(43)37-29(32(41)42)20-24-21-36-27-10-4-3-9-26(24)27;;/h3-4,9-10,12-15,21,28-30,36,39H,5-8,11,16-20,22,35H2,1-2H3,(H,37,43)(H,38,40)(H,41,42)(H,44,45);;/q;+1;-1/t28?,29-,30?;;/m0../s1. The molecule has 276 valence electrons. The van der Waals surface area contributed by atoms with Gasteiger partial charge in [0, 0.05) is 36.1 Å². The number of benzene rings is 2. The molecule has 0 saturated heterocycles. The van der Waals surface area contributed by atoms with Gasteiger partial charge in [0.15, 0.2) is 0 Å². The number of fused-ring (bicyclic) bond motifs is 1. The van der Waals surface area contributed by atoms with Gasteiger partial charge in [0.05, 0.1) is 18.8 Å². The quantitative estimate of drug-likeness (QED) is 0.0493. The summed E-state index contributed by atoms with van der Waals surface area (Å²) in [5.41, 5.74) is 6.34. The number of carbonyl (C=O) groups is 3. The van der Waals surface area contributed by atoms with Gasteiger partial charge in [-0.05, 0) is 61.6 Å². The maximum absolute atomic E-state index is 14.5. The number of ether oxygens (including phenoxy) is 1. The molecule has 1 aliphatic rings. The van der Waals surface area contributed by atoms with Gasteiger partial charge in [-0.15, -0.1) is 0 Å². The number of H-pyrrole nitrogens is 1. The number of rotatable bonds is 19. The Hall–Kier alpha value is -3.15. The van der Waals surface area contributed by atoms with Gasteiger partial charge in [-0.2, -0.15) is 0 Å². The van der Waals surface area contributed by atoms with E-state index in [0.29, 0.717) is 49.1 Å². The Morgan fingerprint density at radius 1 is 1.04 bits per heavy atom. The second-order valence-corrected chi connectivity index (χ2v) is 17.4. The fourth-order valence-corrected chi connectivity index (χ4v) is 9.74. The number of para-hydroxylation sites is 1. The molecule has 1 fully saturated rings. The number of unbranched alkanes of at least 4 members (excludes halogenated alkanes) is 1. The number of nitrogens with two attached hydrogens (primary N) is 1. The Bertz CT molecular complexity index is 1810. The minimum Gasteiger partial charge on any atom is -1.00 e. The number of aromatic nitrogens is 1. The monoisotopic (exact) mass is 741 g/mol. The molecule has 3 aromatic rings. The smallest absolute Gasteiger partial charge is 1.00 e. The SMILES string of the molecule is COc1ccc(CC(NC(=O)C(CCCCN)NS(C)(=O)=O)P(=O)(O)CC2(C(=O)N[C@@H](Cc3c[nH]c4ccccc34)C(=O)O)CCCC2)cc1.[H-].[Li+]. The third kappa shape index (κ3) is 11.7. The predicted octanol–water partition coefficient (Wildman–Crippen LogP) is -0.0325. The molecule has 1 saturated carbocycles. The number of amides is 2. The molecule has 2 amide bonds. The minimum absolute atomic E-state index is 0. The van der Waals surface area contributed by atoms with Crippen molar-refractivity contribution >= 4 is 46.1 Å². The van der Waals surface area contributed by atoms with E-state index in [9.17, 15) is 37.4 Å². The van der Waals surface area contributed by atoms with E-state index in [2.05, 4.69) is 20.3 Å². The van der Waals surface area contributed by atoms with Gasteiger partial charge in [-0.3, -0.25) is 14.2 Å². The summed E-state index contributed by atoms with van der Waals surface area (Å²) in [5.74, 6) is -3.50. The first-order chi connectivity index (χ1) is 23.7. The molecule has 17 heteroatoms. The molecule has 1 aromatic heterocycles. The van der Waals surface area contributed by atoms with Gasteiger partial charge in [0.2, 0.25) is 29.2 Å². The number of hydrogen-bond acceptors (Lipinski definition) is 8. The van der Waals surface area contributed by atoms with Crippen molar-refractivity contribution in [2.24, 2.45) is 11.1 Å². The van der Waals surface area contributed by atoms with Crippen molar-refractivity contribution in [3.63, 3.8) is 0 Å². The molecule has 3 unspecified atom stereocenters. The molecule has 0 aliphatic heterocycles. The molecule has 0 spiro atoms. The molecular formula is C34H49LiN5O9PS. The average Bonchev–Trinajstić information content (AvgIpc) is 3.71. The minimum atomic E-state index is -4.46. The number of methoxy groups -OCH3 is 1. The Morgan fingerprint density at radius 3 is 2.31 bits per heavy atom. The first kappa shape index (κ1) is 42.3. The zero-order valence-corrected chi connectivity index (χ0v) is 31.1. The van der Waals surface area contributed by atoms with Crippen molar-refractivity contribution in [2.45, 2.75) is 75.7 Å². The number of carboxylic acid groups (broad SMARTS) is 1. The number of hydrogen-bond donors (Lipinski definition) is 7. The molecule has 51 heavy (non-hydrogen) atoms. The number of sulfonamides is 1. The van der Waals surface area contributed by atoms with E-state index in [4.69, 9.17) is 10.5 Å². The van der Waals surface area contributed by atoms with Crippen molar-refractivity contribution in [1.29, 1.82) is 0 Å². The third-order valence-corrected chi connectivity index (χ3v) is 12.3. The van der Waals surface area contributed by atoms with Crippen molar-refractivity contribution in [3.05, 3.63) is 65.9 Å². The molecule has 4 rings (SSSR count). The van der Waals surface area contributed by atoms with E-state index in [-0.39, 0.29) is 52.4 Å². The van der Waals surface area contributed by atoms with Crippen LogP contribution < -0.4 is 44.7 Å². The number of carboxylic acids is 1. The Kier molecular flexibility index (Phi) is 15.4. The number of aromatic amines is 1. The largest absolute Gasteiger partial charge is 1.00 e. The topological polar surface area (TPSA) is 230 Å². The maximum Gasteiger partial charge on any atom is 1.00 e. The van der Waals surface area contributed by atoms with Gasteiger partial charge in [0.25, 0.3) is 0 Å². The molecule has 1 aliphatic carbocycles. The zero-order chi connectivity index (χ0) is 36.5. The Morgan fingerprint density at radius 2 is 1.71 bits per heavy atom. The van der Waals surface area contributed by atoms with Gasteiger partial charge >= 0.3 is 24.8 Å². The van der Waals surface area contributed by atoms with Crippen LogP contribution in [-0.4, -0.2) is 85.1 Å². The summed E-state index contributed by atoms with van der Waals surface area (Å²) in [6.07, 6.45) is 4.77. The van der Waals surface area contributed by atoms with Crippen LogP contribution in [0, 0.1) is 5.41 Å².